The smallest absolute Gasteiger partial charge is 0.0900 e. The predicted octanol–water partition coefficient (Wildman–Crippen LogP) is 3.18. The lowest BCUT2D eigenvalue weighted by Gasteiger charge is -2.14. The Labute approximate surface area is 75.2 Å². The molecule has 0 spiro atoms. The SMILES string of the molecule is CC(S)(Br)c1ccccc1. The summed E-state index contributed by atoms with van der Waals surface area (Å²) in [6, 6.07) is 10.1. The summed E-state index contributed by atoms with van der Waals surface area (Å²) in [4.78, 5) is 0. The van der Waals surface area contributed by atoms with E-state index >= 15 is 0 Å². The zero-order valence-electron chi connectivity index (χ0n) is 5.71. The molecular weight excluding hydrogens is 208 g/mol. The molecule has 0 aliphatic carbocycles. The van der Waals surface area contributed by atoms with Gasteiger partial charge in [-0.05, 0) is 12.5 Å². The molecule has 0 saturated heterocycles. The predicted molar refractivity (Wildman–Crippen MR) is 51.7 cm³/mol. The Morgan fingerprint density at radius 3 is 2.10 bits per heavy atom. The summed E-state index contributed by atoms with van der Waals surface area (Å²) >= 11 is 7.81. The molecule has 1 atom stereocenters. The summed E-state index contributed by atoms with van der Waals surface area (Å²) in [5.41, 5.74) is 1.18. The molecule has 10 heavy (non-hydrogen) atoms. The molecule has 54 valence electrons. The fraction of sp³-hybridized carbons (Fsp3) is 0.250. The van der Waals surface area contributed by atoms with Crippen LogP contribution in [0.1, 0.15) is 12.5 Å². The Bertz CT molecular complexity index is 200. The van der Waals surface area contributed by atoms with E-state index in [0.717, 1.165) is 0 Å². The molecular formula is C8H9BrS. The lowest BCUT2D eigenvalue weighted by molar-refractivity contribution is 1.05. The molecule has 2 heteroatoms. The highest BCUT2D eigenvalue weighted by atomic mass is 79.9. The van der Waals surface area contributed by atoms with Crippen LogP contribution in [0.3, 0.4) is 0 Å². The van der Waals surface area contributed by atoms with Gasteiger partial charge in [-0.1, -0.05) is 46.3 Å². The molecule has 0 bridgehead atoms. The van der Waals surface area contributed by atoms with Crippen LogP contribution in [-0.4, -0.2) is 0 Å². The van der Waals surface area contributed by atoms with Crippen LogP contribution in [0, 0.1) is 0 Å². The van der Waals surface area contributed by atoms with Crippen LogP contribution < -0.4 is 0 Å². The first-order valence-electron chi connectivity index (χ1n) is 3.07. The van der Waals surface area contributed by atoms with E-state index in [1.54, 1.807) is 0 Å². The van der Waals surface area contributed by atoms with Crippen LogP contribution in [0.5, 0.6) is 0 Å². The van der Waals surface area contributed by atoms with Gasteiger partial charge in [-0.25, -0.2) is 0 Å². The average Bonchev–Trinajstić information content (AvgIpc) is 1.88. The standard InChI is InChI=1S/C8H9BrS/c1-8(9,10)7-5-3-2-4-6-7/h2-6,10H,1H3. The highest BCUT2D eigenvalue weighted by Gasteiger charge is 2.15. The van der Waals surface area contributed by atoms with E-state index in [2.05, 4.69) is 28.6 Å². The molecule has 0 saturated carbocycles. The number of hydrogen-bond donors (Lipinski definition) is 1. The molecule has 0 nitrogen and oxygen atoms in total. The number of halogens is 1. The molecule has 0 aliphatic rings. The van der Waals surface area contributed by atoms with Gasteiger partial charge >= 0.3 is 0 Å². The number of benzene rings is 1. The maximum Gasteiger partial charge on any atom is 0.0900 e. The second-order valence-corrected chi connectivity index (χ2v) is 5.41. The van der Waals surface area contributed by atoms with Crippen LogP contribution in [0.2, 0.25) is 0 Å². The van der Waals surface area contributed by atoms with Gasteiger partial charge < -0.3 is 0 Å². The third kappa shape index (κ3) is 2.03. The molecule has 0 radical (unpaired) electrons. The van der Waals surface area contributed by atoms with Gasteiger partial charge in [-0.2, -0.15) is 12.6 Å². The summed E-state index contributed by atoms with van der Waals surface area (Å²) in [7, 11) is 0. The van der Waals surface area contributed by atoms with Crippen LogP contribution in [0.15, 0.2) is 30.3 Å². The molecule has 1 unspecified atom stereocenters. The van der Waals surface area contributed by atoms with E-state index in [1.807, 2.05) is 37.3 Å². The van der Waals surface area contributed by atoms with Gasteiger partial charge in [0, 0.05) is 0 Å². The minimum Gasteiger partial charge on any atom is -0.156 e. The maximum absolute atomic E-state index is 4.36. The first-order chi connectivity index (χ1) is 4.61. The van der Waals surface area contributed by atoms with Gasteiger partial charge in [0.25, 0.3) is 0 Å². The van der Waals surface area contributed by atoms with Crippen molar-refractivity contribution in [3.05, 3.63) is 35.9 Å². The van der Waals surface area contributed by atoms with E-state index < -0.39 is 0 Å². The van der Waals surface area contributed by atoms with Crippen molar-refractivity contribution in [3.63, 3.8) is 0 Å². The highest BCUT2D eigenvalue weighted by molar-refractivity contribution is 9.11. The van der Waals surface area contributed by atoms with E-state index in [9.17, 15) is 0 Å². The Balaban J connectivity index is 2.97. The third-order valence-corrected chi connectivity index (χ3v) is 2.02. The van der Waals surface area contributed by atoms with Gasteiger partial charge in [0.15, 0.2) is 0 Å². The largest absolute Gasteiger partial charge is 0.156 e. The fourth-order valence-electron chi connectivity index (χ4n) is 0.742. The second-order valence-electron chi connectivity index (χ2n) is 2.32. The van der Waals surface area contributed by atoms with Crippen LogP contribution >= 0.6 is 28.6 Å². The molecule has 0 amide bonds. The van der Waals surface area contributed by atoms with Gasteiger partial charge in [0.05, 0.1) is 3.66 Å². The summed E-state index contributed by atoms with van der Waals surface area (Å²) in [5.74, 6) is 0. The molecule has 1 aromatic rings. The lowest BCUT2D eigenvalue weighted by atomic mass is 10.2. The van der Waals surface area contributed by atoms with E-state index in [0.29, 0.717) is 0 Å². The van der Waals surface area contributed by atoms with Crippen molar-refractivity contribution in [3.8, 4) is 0 Å². The van der Waals surface area contributed by atoms with Gasteiger partial charge in [-0.15, -0.1) is 0 Å². The van der Waals surface area contributed by atoms with Gasteiger partial charge in [0.2, 0.25) is 0 Å². The average molecular weight is 217 g/mol. The van der Waals surface area contributed by atoms with Crippen LogP contribution in [-0.2, 0) is 3.66 Å². The Morgan fingerprint density at radius 2 is 1.80 bits per heavy atom. The summed E-state index contributed by atoms with van der Waals surface area (Å²) in [6.07, 6.45) is 0. The third-order valence-electron chi connectivity index (χ3n) is 1.30. The number of hydrogen-bond acceptors (Lipinski definition) is 1. The molecule has 1 rings (SSSR count). The first kappa shape index (κ1) is 8.15. The normalized spacial score (nSPS) is 16.3. The fourth-order valence-corrected chi connectivity index (χ4v) is 1.16. The zero-order chi connectivity index (χ0) is 7.61. The first-order valence-corrected chi connectivity index (χ1v) is 4.31. The van der Waals surface area contributed by atoms with E-state index in [-0.39, 0.29) is 3.66 Å². The number of rotatable bonds is 1. The Hall–Kier alpha value is 0.0500. The van der Waals surface area contributed by atoms with Crippen LogP contribution in [0.4, 0.5) is 0 Å². The van der Waals surface area contributed by atoms with E-state index in [1.165, 1.54) is 5.56 Å². The van der Waals surface area contributed by atoms with Gasteiger partial charge in [0.1, 0.15) is 0 Å². The van der Waals surface area contributed by atoms with Crippen molar-refractivity contribution >= 4 is 28.6 Å². The van der Waals surface area contributed by atoms with Crippen molar-refractivity contribution in [2.45, 2.75) is 10.6 Å². The maximum atomic E-state index is 4.36. The van der Waals surface area contributed by atoms with E-state index in [4.69, 9.17) is 0 Å². The monoisotopic (exact) mass is 216 g/mol. The number of alkyl halides is 1. The molecule has 0 aromatic heterocycles. The second kappa shape index (κ2) is 2.97. The Morgan fingerprint density at radius 1 is 1.30 bits per heavy atom. The molecule has 1 aromatic carbocycles. The minimum atomic E-state index is -0.200. The summed E-state index contributed by atoms with van der Waals surface area (Å²) in [5, 5.41) is 0. The lowest BCUT2D eigenvalue weighted by Crippen LogP contribution is -2.01. The topological polar surface area (TPSA) is 0 Å². The zero-order valence-corrected chi connectivity index (χ0v) is 8.19. The van der Waals surface area contributed by atoms with Crippen molar-refractivity contribution in [2.24, 2.45) is 0 Å². The molecule has 0 heterocycles. The minimum absolute atomic E-state index is 0.200. The van der Waals surface area contributed by atoms with Crippen molar-refractivity contribution < 1.29 is 0 Å². The molecule has 0 aliphatic heterocycles. The van der Waals surface area contributed by atoms with Crippen molar-refractivity contribution in [1.29, 1.82) is 0 Å². The van der Waals surface area contributed by atoms with Crippen molar-refractivity contribution in [1.82, 2.24) is 0 Å². The molecule has 0 fully saturated rings. The summed E-state index contributed by atoms with van der Waals surface area (Å²) < 4.78 is -0.200. The van der Waals surface area contributed by atoms with Gasteiger partial charge in [-0.3, -0.25) is 0 Å². The summed E-state index contributed by atoms with van der Waals surface area (Å²) in [6.45, 7) is 2.01. The van der Waals surface area contributed by atoms with Crippen LogP contribution in [0.25, 0.3) is 0 Å². The quantitative estimate of drug-likeness (QED) is 0.542. The molecule has 0 N–H and O–H groups in total. The highest BCUT2D eigenvalue weighted by Crippen LogP contribution is 2.33. The Kier molecular flexibility index (Phi) is 2.42. The number of thiol groups is 1. The van der Waals surface area contributed by atoms with Crippen molar-refractivity contribution in [2.75, 3.05) is 0 Å².